The van der Waals surface area contributed by atoms with Crippen molar-refractivity contribution in [3.8, 4) is 5.75 Å². The van der Waals surface area contributed by atoms with Crippen LogP contribution in [-0.4, -0.2) is 45.4 Å². The Morgan fingerprint density at radius 2 is 1.43 bits per heavy atom. The van der Waals surface area contributed by atoms with Crippen LogP contribution >= 0.6 is 0 Å². The third kappa shape index (κ3) is 10.3. The van der Waals surface area contributed by atoms with Gasteiger partial charge in [-0.15, -0.1) is 0 Å². The number of carbonyl (C=O) groups is 3. The Morgan fingerprint density at radius 3 is 2.04 bits per heavy atom. The van der Waals surface area contributed by atoms with E-state index in [4.69, 9.17) is 9.47 Å². The molecule has 3 amide bonds. The zero-order valence-electron chi connectivity index (χ0n) is 28.4. The van der Waals surface area contributed by atoms with Crippen molar-refractivity contribution in [2.45, 2.75) is 57.5 Å². The van der Waals surface area contributed by atoms with E-state index in [9.17, 15) is 14.4 Å². The fraction of sp³-hybridized carbons (Fsp3) is 0.268. The van der Waals surface area contributed by atoms with Gasteiger partial charge in [0.2, 0.25) is 11.8 Å². The van der Waals surface area contributed by atoms with E-state index in [2.05, 4.69) is 20.6 Å². The lowest BCUT2D eigenvalue weighted by Crippen LogP contribution is -2.52. The number of aromatic nitrogens is 2. The zero-order chi connectivity index (χ0) is 35.3. The van der Waals surface area contributed by atoms with Gasteiger partial charge in [0.05, 0.1) is 18.9 Å². The van der Waals surface area contributed by atoms with Crippen LogP contribution in [0.25, 0.3) is 0 Å². The SMILES string of the molecule is O=C(CN(Cc1ccc(OCc2ccccc2)cc1)C(=O)[C@H](Cc1cnc[nH]1)NC(=O)OCc1ccccc1)N[C@H](c1ccccc1)C1CCC1. The molecule has 0 spiro atoms. The van der Waals surface area contributed by atoms with Crippen LogP contribution in [0.15, 0.2) is 128 Å². The molecule has 1 fully saturated rings. The number of ether oxygens (including phenoxy) is 2. The summed E-state index contributed by atoms with van der Waals surface area (Å²) < 4.78 is 11.5. The summed E-state index contributed by atoms with van der Waals surface area (Å²) in [6.45, 7) is 0.395. The number of alkyl carbamates (subject to hydrolysis) is 1. The predicted octanol–water partition coefficient (Wildman–Crippen LogP) is 6.51. The van der Waals surface area contributed by atoms with Gasteiger partial charge in [0, 0.05) is 24.9 Å². The predicted molar refractivity (Wildman–Crippen MR) is 193 cm³/mol. The normalized spacial score (nSPS) is 13.6. The molecule has 5 aromatic rings. The molecule has 1 aliphatic rings. The highest BCUT2D eigenvalue weighted by Gasteiger charge is 2.32. The maximum atomic E-state index is 14.4. The maximum Gasteiger partial charge on any atom is 0.408 e. The Labute approximate surface area is 298 Å². The third-order valence-electron chi connectivity index (χ3n) is 9.07. The molecule has 0 radical (unpaired) electrons. The number of hydrogen-bond acceptors (Lipinski definition) is 6. The lowest BCUT2D eigenvalue weighted by atomic mass is 9.77. The first-order chi connectivity index (χ1) is 25.0. The molecule has 4 aromatic carbocycles. The summed E-state index contributed by atoms with van der Waals surface area (Å²) in [5, 5.41) is 5.99. The Hall–Kier alpha value is -5.90. The topological polar surface area (TPSA) is 126 Å². The molecule has 51 heavy (non-hydrogen) atoms. The monoisotopic (exact) mass is 685 g/mol. The first-order valence-electron chi connectivity index (χ1n) is 17.3. The van der Waals surface area contributed by atoms with Gasteiger partial charge in [0.15, 0.2) is 0 Å². The van der Waals surface area contributed by atoms with Crippen molar-refractivity contribution in [3.63, 3.8) is 0 Å². The van der Waals surface area contributed by atoms with Crippen LogP contribution in [0, 0.1) is 5.92 Å². The highest BCUT2D eigenvalue weighted by Crippen LogP contribution is 2.37. The molecule has 0 aliphatic heterocycles. The van der Waals surface area contributed by atoms with Crippen LogP contribution in [0.3, 0.4) is 0 Å². The summed E-state index contributed by atoms with van der Waals surface area (Å²) in [5.74, 6) is 0.307. The number of H-pyrrole nitrogens is 1. The van der Waals surface area contributed by atoms with Crippen LogP contribution in [-0.2, 0) is 40.5 Å². The molecule has 0 unspecified atom stereocenters. The van der Waals surface area contributed by atoms with Crippen molar-refractivity contribution in [2.24, 2.45) is 5.92 Å². The summed E-state index contributed by atoms with van der Waals surface area (Å²) in [4.78, 5) is 49.9. The standard InChI is InChI=1S/C41H43N5O5/c47-38(45-39(34-17-10-18-34)33-15-8-3-9-16-33)26-46(25-30-19-21-36(22-20-30)50-27-31-11-4-1-5-12-31)40(48)37(23-35-24-42-29-43-35)44-41(49)51-28-32-13-6-2-7-14-32/h1-9,11-16,19-22,24,29,34,37,39H,10,17-18,23,25-28H2,(H,42,43)(H,44,49)(H,45,47)/t37-,39+/m0/s1. The van der Waals surface area contributed by atoms with E-state index in [-0.39, 0.29) is 38.1 Å². The van der Waals surface area contributed by atoms with Crippen molar-refractivity contribution in [3.05, 3.63) is 156 Å². The molecule has 1 saturated carbocycles. The van der Waals surface area contributed by atoms with Gasteiger partial charge < -0.3 is 30.0 Å². The molecule has 1 aromatic heterocycles. The van der Waals surface area contributed by atoms with Crippen LogP contribution in [0.5, 0.6) is 5.75 Å². The van der Waals surface area contributed by atoms with E-state index in [1.54, 1.807) is 6.20 Å². The third-order valence-corrected chi connectivity index (χ3v) is 9.07. The van der Waals surface area contributed by atoms with Gasteiger partial charge in [-0.2, -0.15) is 0 Å². The van der Waals surface area contributed by atoms with Gasteiger partial charge in [-0.1, -0.05) is 110 Å². The average molecular weight is 686 g/mol. The number of hydrogen-bond donors (Lipinski definition) is 3. The second kappa shape index (κ2) is 17.7. The Balaban J connectivity index is 1.20. The molecule has 0 bridgehead atoms. The smallest absolute Gasteiger partial charge is 0.408 e. The summed E-state index contributed by atoms with van der Waals surface area (Å²) in [6.07, 6.45) is 5.69. The fourth-order valence-corrected chi connectivity index (χ4v) is 6.11. The van der Waals surface area contributed by atoms with Gasteiger partial charge in [-0.25, -0.2) is 9.78 Å². The quantitative estimate of drug-likeness (QED) is 0.109. The number of benzene rings is 4. The van der Waals surface area contributed by atoms with Gasteiger partial charge >= 0.3 is 6.09 Å². The number of nitrogens with zero attached hydrogens (tertiary/aromatic N) is 2. The van der Waals surface area contributed by atoms with E-state index in [1.165, 1.54) is 11.2 Å². The van der Waals surface area contributed by atoms with Crippen LogP contribution < -0.4 is 15.4 Å². The molecular formula is C41H43N5O5. The van der Waals surface area contributed by atoms with E-state index < -0.39 is 18.0 Å². The lowest BCUT2D eigenvalue weighted by molar-refractivity contribution is -0.138. The van der Waals surface area contributed by atoms with E-state index in [1.807, 2.05) is 115 Å². The molecule has 1 aliphatic carbocycles. The second-order valence-corrected chi connectivity index (χ2v) is 12.8. The van der Waals surface area contributed by atoms with Crippen molar-refractivity contribution in [1.29, 1.82) is 0 Å². The summed E-state index contributed by atoms with van der Waals surface area (Å²) in [6, 6.07) is 35.4. The summed E-state index contributed by atoms with van der Waals surface area (Å²) >= 11 is 0. The van der Waals surface area contributed by atoms with Crippen LogP contribution in [0.1, 0.15) is 53.3 Å². The molecule has 262 valence electrons. The van der Waals surface area contributed by atoms with Crippen molar-refractivity contribution >= 4 is 17.9 Å². The average Bonchev–Trinajstić information content (AvgIpc) is 3.66. The second-order valence-electron chi connectivity index (χ2n) is 12.8. The lowest BCUT2D eigenvalue weighted by Gasteiger charge is -2.35. The number of rotatable bonds is 16. The number of carbonyl (C=O) groups excluding carboxylic acids is 3. The minimum atomic E-state index is -1.04. The molecule has 10 nitrogen and oxygen atoms in total. The first-order valence-corrected chi connectivity index (χ1v) is 17.3. The van der Waals surface area contributed by atoms with Gasteiger partial charge in [0.25, 0.3) is 0 Å². The van der Waals surface area contributed by atoms with Gasteiger partial charge in [-0.3, -0.25) is 9.59 Å². The highest BCUT2D eigenvalue weighted by molar-refractivity contribution is 5.90. The van der Waals surface area contributed by atoms with Crippen LogP contribution in [0.4, 0.5) is 4.79 Å². The zero-order valence-corrected chi connectivity index (χ0v) is 28.4. The van der Waals surface area contributed by atoms with Gasteiger partial charge in [-0.05, 0) is 53.1 Å². The van der Waals surface area contributed by atoms with Crippen molar-refractivity contribution < 1.29 is 23.9 Å². The molecule has 6 rings (SSSR count). The van der Waals surface area contributed by atoms with E-state index in [0.717, 1.165) is 41.5 Å². The van der Waals surface area contributed by atoms with Crippen LogP contribution in [0.2, 0.25) is 0 Å². The van der Waals surface area contributed by atoms with Gasteiger partial charge in [0.1, 0.15) is 25.0 Å². The first kappa shape index (κ1) is 34.9. The van der Waals surface area contributed by atoms with E-state index in [0.29, 0.717) is 24.0 Å². The summed E-state index contributed by atoms with van der Waals surface area (Å²) in [5.41, 5.74) is 4.36. The van der Waals surface area contributed by atoms with E-state index >= 15 is 0 Å². The number of nitrogens with one attached hydrogen (secondary N) is 3. The molecule has 10 heteroatoms. The molecule has 2 atom stereocenters. The number of amides is 3. The van der Waals surface area contributed by atoms with Crippen molar-refractivity contribution in [1.82, 2.24) is 25.5 Å². The minimum absolute atomic E-state index is 0.0461. The summed E-state index contributed by atoms with van der Waals surface area (Å²) in [7, 11) is 0. The molecular weight excluding hydrogens is 642 g/mol. The van der Waals surface area contributed by atoms with Crippen molar-refractivity contribution in [2.75, 3.05) is 6.54 Å². The molecule has 1 heterocycles. The largest absolute Gasteiger partial charge is 0.489 e. The molecule has 0 saturated heterocycles. The maximum absolute atomic E-state index is 14.4. The Kier molecular flexibility index (Phi) is 12.1. The number of aromatic amines is 1. The fourth-order valence-electron chi connectivity index (χ4n) is 6.11. The Morgan fingerprint density at radius 1 is 0.784 bits per heavy atom. The number of imidazole rings is 1. The molecule has 3 N–H and O–H groups in total. The Bertz CT molecular complexity index is 1820. The highest BCUT2D eigenvalue weighted by atomic mass is 16.5. The minimum Gasteiger partial charge on any atom is -0.489 e.